The summed E-state index contributed by atoms with van der Waals surface area (Å²) in [7, 11) is 0. The van der Waals surface area contributed by atoms with Crippen LogP contribution in [0.4, 0.5) is 11.4 Å². The van der Waals surface area contributed by atoms with Crippen LogP contribution in [0.15, 0.2) is 53.1 Å². The Morgan fingerprint density at radius 2 is 1.96 bits per heavy atom. The molecule has 3 rings (SSSR count). The number of ether oxygens (including phenoxy) is 1. The van der Waals surface area contributed by atoms with Gasteiger partial charge in [-0.05, 0) is 13.0 Å². The molecule has 28 heavy (non-hydrogen) atoms. The number of carbonyl (C=O) groups excluding carboxylic acids is 1. The molecule has 3 aromatic rings. The van der Waals surface area contributed by atoms with Crippen molar-refractivity contribution in [2.45, 2.75) is 20.0 Å². The van der Waals surface area contributed by atoms with Crippen LogP contribution in [0.2, 0.25) is 0 Å². The fourth-order valence-corrected chi connectivity index (χ4v) is 2.43. The number of rotatable bonds is 8. The van der Waals surface area contributed by atoms with Crippen molar-refractivity contribution in [1.82, 2.24) is 10.1 Å². The number of aryl methyl sites for hydroxylation is 1. The quantitative estimate of drug-likeness (QED) is 0.357. The second-order valence-electron chi connectivity index (χ2n) is 5.99. The average molecular weight is 382 g/mol. The van der Waals surface area contributed by atoms with Gasteiger partial charge >= 0.3 is 5.97 Å². The third-order valence-electron chi connectivity index (χ3n) is 3.88. The Hall–Kier alpha value is -3.75. The first-order valence-corrected chi connectivity index (χ1v) is 8.55. The van der Waals surface area contributed by atoms with Crippen LogP contribution >= 0.6 is 0 Å². The molecule has 0 bridgehead atoms. The molecule has 1 N–H and O–H groups in total. The van der Waals surface area contributed by atoms with Gasteiger partial charge in [-0.15, -0.1) is 0 Å². The maximum atomic E-state index is 11.9. The predicted molar refractivity (Wildman–Crippen MR) is 100 cm³/mol. The van der Waals surface area contributed by atoms with Crippen molar-refractivity contribution in [3.05, 3.63) is 70.1 Å². The summed E-state index contributed by atoms with van der Waals surface area (Å²) in [5, 5.41) is 17.7. The molecule has 0 saturated carbocycles. The summed E-state index contributed by atoms with van der Waals surface area (Å²) in [6.07, 6.45) is 0.0327. The summed E-state index contributed by atoms with van der Waals surface area (Å²) >= 11 is 0. The van der Waals surface area contributed by atoms with E-state index in [1.165, 1.54) is 6.07 Å². The highest BCUT2D eigenvalue weighted by atomic mass is 16.6. The fourth-order valence-electron chi connectivity index (χ4n) is 2.43. The van der Waals surface area contributed by atoms with Crippen LogP contribution in [-0.4, -0.2) is 27.6 Å². The topological polar surface area (TPSA) is 120 Å². The Bertz CT molecular complexity index is 968. The molecular formula is C19H18N4O5. The van der Waals surface area contributed by atoms with Crippen molar-refractivity contribution in [3.63, 3.8) is 0 Å². The lowest BCUT2D eigenvalue weighted by atomic mass is 10.1. The lowest BCUT2D eigenvalue weighted by molar-refractivity contribution is -0.384. The van der Waals surface area contributed by atoms with E-state index in [1.54, 1.807) is 18.2 Å². The van der Waals surface area contributed by atoms with Gasteiger partial charge in [0.05, 0.1) is 11.3 Å². The lowest BCUT2D eigenvalue weighted by Gasteiger charge is -2.06. The van der Waals surface area contributed by atoms with Gasteiger partial charge in [-0.3, -0.25) is 14.9 Å². The normalized spacial score (nSPS) is 10.5. The Morgan fingerprint density at radius 3 is 2.71 bits per heavy atom. The highest BCUT2D eigenvalue weighted by Crippen LogP contribution is 2.23. The molecular weight excluding hydrogens is 364 g/mol. The number of esters is 1. The second-order valence-corrected chi connectivity index (χ2v) is 5.99. The molecule has 0 aliphatic carbocycles. The van der Waals surface area contributed by atoms with E-state index >= 15 is 0 Å². The Morgan fingerprint density at radius 1 is 1.21 bits per heavy atom. The molecule has 0 aliphatic heterocycles. The van der Waals surface area contributed by atoms with Crippen molar-refractivity contribution in [2.75, 3.05) is 11.9 Å². The molecule has 0 radical (unpaired) electrons. The van der Waals surface area contributed by atoms with Crippen LogP contribution in [0.1, 0.15) is 17.9 Å². The summed E-state index contributed by atoms with van der Waals surface area (Å²) in [4.78, 5) is 26.5. The van der Waals surface area contributed by atoms with Crippen LogP contribution in [0, 0.1) is 17.0 Å². The molecule has 0 unspecified atom stereocenters. The first-order valence-electron chi connectivity index (χ1n) is 8.55. The van der Waals surface area contributed by atoms with E-state index < -0.39 is 10.9 Å². The van der Waals surface area contributed by atoms with E-state index in [4.69, 9.17) is 9.26 Å². The number of benzene rings is 2. The van der Waals surface area contributed by atoms with Gasteiger partial charge in [0.25, 0.3) is 11.6 Å². The number of nitrogens with zero attached hydrogens (tertiary/aromatic N) is 3. The number of carbonyl (C=O) groups is 1. The molecule has 9 heteroatoms. The van der Waals surface area contributed by atoms with Gasteiger partial charge in [0.15, 0.2) is 6.61 Å². The minimum Gasteiger partial charge on any atom is -0.456 e. The maximum absolute atomic E-state index is 11.9. The maximum Gasteiger partial charge on any atom is 0.308 e. The molecule has 0 fully saturated rings. The number of anilines is 1. The Kier molecular flexibility index (Phi) is 5.95. The van der Waals surface area contributed by atoms with Gasteiger partial charge in [-0.1, -0.05) is 47.1 Å². The van der Waals surface area contributed by atoms with Gasteiger partial charge in [-0.25, -0.2) is 0 Å². The predicted octanol–water partition coefficient (Wildman–Crippen LogP) is 3.50. The SMILES string of the molecule is Cc1ccc(-c2noc(COC(=O)CCNc3ccccc3[N+](=O)[O-])n2)cc1. The van der Waals surface area contributed by atoms with Crippen molar-refractivity contribution >= 4 is 17.3 Å². The molecule has 0 atom stereocenters. The molecule has 9 nitrogen and oxygen atoms in total. The van der Waals surface area contributed by atoms with Crippen molar-refractivity contribution in [1.29, 1.82) is 0 Å². The van der Waals surface area contributed by atoms with E-state index in [0.717, 1.165) is 11.1 Å². The number of nitro groups is 1. The highest BCUT2D eigenvalue weighted by Gasteiger charge is 2.13. The minimum absolute atomic E-state index is 0.0327. The zero-order valence-electron chi connectivity index (χ0n) is 15.1. The van der Waals surface area contributed by atoms with Gasteiger partial charge in [0, 0.05) is 18.2 Å². The van der Waals surface area contributed by atoms with Gasteiger partial charge in [-0.2, -0.15) is 4.98 Å². The average Bonchev–Trinajstić information content (AvgIpc) is 3.16. The van der Waals surface area contributed by atoms with Crippen LogP contribution in [0.5, 0.6) is 0 Å². The van der Waals surface area contributed by atoms with Crippen molar-refractivity contribution < 1.29 is 19.0 Å². The van der Waals surface area contributed by atoms with Gasteiger partial charge in [0.2, 0.25) is 5.82 Å². The summed E-state index contributed by atoms with van der Waals surface area (Å²) in [6.45, 7) is 2.04. The number of nitro benzene ring substituents is 1. The van der Waals surface area contributed by atoms with E-state index in [1.807, 2.05) is 31.2 Å². The highest BCUT2D eigenvalue weighted by molar-refractivity contribution is 5.70. The smallest absolute Gasteiger partial charge is 0.308 e. The van der Waals surface area contributed by atoms with Gasteiger partial charge in [0.1, 0.15) is 5.69 Å². The summed E-state index contributed by atoms with van der Waals surface area (Å²) < 4.78 is 10.2. The zero-order valence-corrected chi connectivity index (χ0v) is 15.1. The van der Waals surface area contributed by atoms with E-state index in [2.05, 4.69) is 15.5 Å². The van der Waals surface area contributed by atoms with E-state index in [0.29, 0.717) is 11.5 Å². The first-order chi connectivity index (χ1) is 13.5. The van der Waals surface area contributed by atoms with Crippen LogP contribution in [0.25, 0.3) is 11.4 Å². The first kappa shape index (κ1) is 19.0. The molecule has 1 aromatic heterocycles. The lowest BCUT2D eigenvalue weighted by Crippen LogP contribution is -2.12. The summed E-state index contributed by atoms with van der Waals surface area (Å²) in [6, 6.07) is 13.9. The summed E-state index contributed by atoms with van der Waals surface area (Å²) in [5.74, 6) is 0.126. The van der Waals surface area contributed by atoms with Crippen molar-refractivity contribution in [3.8, 4) is 11.4 Å². The van der Waals surface area contributed by atoms with E-state index in [9.17, 15) is 14.9 Å². The standard InChI is InChI=1S/C19H18N4O5/c1-13-6-8-14(9-7-13)19-21-17(28-22-19)12-27-18(24)10-11-20-15-4-2-3-5-16(15)23(25)26/h2-9,20H,10-12H2,1H3. The molecule has 0 saturated heterocycles. The third kappa shape index (κ3) is 4.91. The third-order valence-corrected chi connectivity index (χ3v) is 3.88. The van der Waals surface area contributed by atoms with Crippen LogP contribution in [-0.2, 0) is 16.1 Å². The Balaban J connectivity index is 1.46. The van der Waals surface area contributed by atoms with Gasteiger partial charge < -0.3 is 14.6 Å². The molecule has 0 spiro atoms. The largest absolute Gasteiger partial charge is 0.456 e. The number of aromatic nitrogens is 2. The minimum atomic E-state index is -0.485. The van der Waals surface area contributed by atoms with E-state index in [-0.39, 0.29) is 31.2 Å². The Labute approximate surface area is 160 Å². The summed E-state index contributed by atoms with van der Waals surface area (Å²) in [5.41, 5.74) is 2.22. The monoisotopic (exact) mass is 382 g/mol. The molecule has 0 amide bonds. The van der Waals surface area contributed by atoms with Crippen molar-refractivity contribution in [2.24, 2.45) is 0 Å². The fraction of sp³-hybridized carbons (Fsp3) is 0.211. The number of hydrogen-bond donors (Lipinski definition) is 1. The second kappa shape index (κ2) is 8.76. The molecule has 1 heterocycles. The number of nitrogens with one attached hydrogen (secondary N) is 1. The zero-order chi connectivity index (χ0) is 19.9. The van der Waals surface area contributed by atoms with Crippen LogP contribution < -0.4 is 5.32 Å². The molecule has 144 valence electrons. The van der Waals surface area contributed by atoms with Crippen LogP contribution in [0.3, 0.4) is 0 Å². The molecule has 0 aliphatic rings. The number of para-hydroxylation sites is 2. The molecule has 2 aromatic carbocycles. The number of hydrogen-bond acceptors (Lipinski definition) is 8.